The van der Waals surface area contributed by atoms with Crippen LogP contribution in [0.3, 0.4) is 0 Å². The molecule has 8 heteroatoms. The molecule has 0 aromatic carbocycles. The number of anilines is 1. The lowest BCUT2D eigenvalue weighted by atomic mass is 9.91. The van der Waals surface area contributed by atoms with Gasteiger partial charge in [0.05, 0.1) is 0 Å². The topological polar surface area (TPSA) is 74.8 Å². The van der Waals surface area contributed by atoms with E-state index in [9.17, 15) is 9.59 Å². The number of thiazole rings is 1. The third-order valence-corrected chi connectivity index (χ3v) is 6.05. The Labute approximate surface area is 171 Å². The largest absolute Gasteiger partial charge is 0.444 e. The highest BCUT2D eigenvalue weighted by atomic mass is 32.1. The number of hydrogen-bond acceptors (Lipinski definition) is 5. The fourth-order valence-electron chi connectivity index (χ4n) is 4.08. The van der Waals surface area contributed by atoms with Crippen molar-refractivity contribution in [2.45, 2.75) is 83.4 Å². The quantitative estimate of drug-likeness (QED) is 0.786. The summed E-state index contributed by atoms with van der Waals surface area (Å²) in [5.41, 5.74) is -0.490. The smallest absolute Gasteiger partial charge is 0.410 e. The number of nitrogens with one attached hydrogen (secondary N) is 1. The maximum atomic E-state index is 13.1. The summed E-state index contributed by atoms with van der Waals surface area (Å²) < 4.78 is 5.49. The van der Waals surface area contributed by atoms with Gasteiger partial charge in [0.1, 0.15) is 5.60 Å². The van der Waals surface area contributed by atoms with E-state index in [4.69, 9.17) is 4.74 Å². The first kappa shape index (κ1) is 20.9. The van der Waals surface area contributed by atoms with Gasteiger partial charge in [-0.3, -0.25) is 5.32 Å². The molecule has 0 bridgehead atoms. The van der Waals surface area contributed by atoms with Crippen LogP contribution >= 0.6 is 11.3 Å². The van der Waals surface area contributed by atoms with Crippen LogP contribution in [0.25, 0.3) is 0 Å². The van der Waals surface area contributed by atoms with Gasteiger partial charge in [0.15, 0.2) is 5.13 Å². The first-order chi connectivity index (χ1) is 13.3. The normalized spacial score (nSPS) is 19.3. The molecule has 7 nitrogen and oxygen atoms in total. The van der Waals surface area contributed by atoms with E-state index in [2.05, 4.69) is 10.3 Å². The van der Waals surface area contributed by atoms with Crippen LogP contribution in [0.5, 0.6) is 0 Å². The van der Waals surface area contributed by atoms with E-state index in [-0.39, 0.29) is 24.2 Å². The molecule has 28 heavy (non-hydrogen) atoms. The van der Waals surface area contributed by atoms with Crippen LogP contribution in [0.2, 0.25) is 0 Å². The first-order valence-electron chi connectivity index (χ1n) is 10.3. The number of urea groups is 1. The Morgan fingerprint density at radius 3 is 2.36 bits per heavy atom. The van der Waals surface area contributed by atoms with Crippen molar-refractivity contribution >= 4 is 28.6 Å². The predicted molar refractivity (Wildman–Crippen MR) is 111 cm³/mol. The van der Waals surface area contributed by atoms with Gasteiger partial charge in [0.25, 0.3) is 0 Å². The Hall–Kier alpha value is -1.83. The van der Waals surface area contributed by atoms with Crippen LogP contribution in [0.15, 0.2) is 11.6 Å². The maximum absolute atomic E-state index is 13.1. The number of aromatic nitrogens is 1. The average molecular weight is 409 g/mol. The maximum Gasteiger partial charge on any atom is 0.410 e. The number of carbonyl (C=O) groups excluding carboxylic acids is 2. The van der Waals surface area contributed by atoms with Crippen molar-refractivity contribution in [2.24, 2.45) is 0 Å². The Bertz CT molecular complexity index is 645. The van der Waals surface area contributed by atoms with Crippen molar-refractivity contribution in [2.75, 3.05) is 18.4 Å². The van der Waals surface area contributed by atoms with Crippen LogP contribution < -0.4 is 5.32 Å². The second-order valence-corrected chi connectivity index (χ2v) is 9.56. The molecule has 0 radical (unpaired) electrons. The molecular formula is C20H32N4O3S. The van der Waals surface area contributed by atoms with Gasteiger partial charge in [-0.1, -0.05) is 19.3 Å². The van der Waals surface area contributed by atoms with Crippen LogP contribution in [0, 0.1) is 0 Å². The van der Waals surface area contributed by atoms with Crippen LogP contribution in [0.1, 0.15) is 65.7 Å². The second-order valence-electron chi connectivity index (χ2n) is 8.67. The molecule has 156 valence electrons. The van der Waals surface area contributed by atoms with Gasteiger partial charge in [0, 0.05) is 36.8 Å². The van der Waals surface area contributed by atoms with Crippen LogP contribution in [0.4, 0.5) is 14.7 Å². The van der Waals surface area contributed by atoms with Crippen LogP contribution in [-0.2, 0) is 4.74 Å². The van der Waals surface area contributed by atoms with E-state index in [1.807, 2.05) is 31.1 Å². The van der Waals surface area contributed by atoms with Crippen LogP contribution in [-0.4, -0.2) is 57.7 Å². The Kier molecular flexibility index (Phi) is 6.80. The van der Waals surface area contributed by atoms with Crippen molar-refractivity contribution in [1.82, 2.24) is 14.8 Å². The first-order valence-corrected chi connectivity index (χ1v) is 11.2. The van der Waals surface area contributed by atoms with Gasteiger partial charge in [-0.2, -0.15) is 0 Å². The fraction of sp³-hybridized carbons (Fsp3) is 0.750. The molecule has 3 amide bonds. The molecule has 2 fully saturated rings. The summed E-state index contributed by atoms with van der Waals surface area (Å²) in [5, 5.41) is 5.47. The lowest BCUT2D eigenvalue weighted by Crippen LogP contribution is -2.54. The lowest BCUT2D eigenvalue weighted by molar-refractivity contribution is 0.0141. The van der Waals surface area contributed by atoms with Crippen molar-refractivity contribution in [3.05, 3.63) is 11.6 Å². The molecule has 1 N–H and O–H groups in total. The highest BCUT2D eigenvalue weighted by molar-refractivity contribution is 7.13. The minimum Gasteiger partial charge on any atom is -0.444 e. The molecule has 1 saturated carbocycles. The number of hydrogen-bond donors (Lipinski definition) is 1. The van der Waals surface area contributed by atoms with Gasteiger partial charge in [0.2, 0.25) is 0 Å². The van der Waals surface area contributed by atoms with Gasteiger partial charge in [-0.15, -0.1) is 11.3 Å². The predicted octanol–water partition coefficient (Wildman–Crippen LogP) is 4.71. The zero-order chi connectivity index (χ0) is 20.1. The number of amides is 3. The van der Waals surface area contributed by atoms with Crippen molar-refractivity contribution in [3.8, 4) is 0 Å². The minimum atomic E-state index is -0.490. The monoisotopic (exact) mass is 408 g/mol. The van der Waals surface area contributed by atoms with Crippen molar-refractivity contribution < 1.29 is 14.3 Å². The zero-order valence-electron chi connectivity index (χ0n) is 17.1. The average Bonchev–Trinajstić information content (AvgIpc) is 3.15. The summed E-state index contributed by atoms with van der Waals surface area (Å²) in [4.78, 5) is 33.4. The Morgan fingerprint density at radius 2 is 1.79 bits per heavy atom. The molecule has 0 atom stereocenters. The SMILES string of the molecule is CC(C)(C)OC(=O)N1CCC(N(C(=O)Nc2nccs2)C2CCCCC2)CC1. The molecule has 1 aliphatic heterocycles. The number of ether oxygens (including phenoxy) is 1. The molecule has 2 heterocycles. The van der Waals surface area contributed by atoms with Gasteiger partial charge < -0.3 is 14.5 Å². The number of nitrogens with zero attached hydrogens (tertiary/aromatic N) is 3. The van der Waals surface area contributed by atoms with E-state index in [0.29, 0.717) is 18.2 Å². The van der Waals surface area contributed by atoms with Crippen molar-refractivity contribution in [3.63, 3.8) is 0 Å². The molecule has 1 aliphatic carbocycles. The summed E-state index contributed by atoms with van der Waals surface area (Å²) >= 11 is 1.43. The van der Waals surface area contributed by atoms with E-state index in [1.54, 1.807) is 11.1 Å². The molecule has 1 saturated heterocycles. The van der Waals surface area contributed by atoms with E-state index in [0.717, 1.165) is 25.7 Å². The third-order valence-electron chi connectivity index (χ3n) is 5.36. The Balaban J connectivity index is 1.64. The Morgan fingerprint density at radius 1 is 1.14 bits per heavy atom. The lowest BCUT2D eigenvalue weighted by Gasteiger charge is -2.43. The summed E-state index contributed by atoms with van der Waals surface area (Å²) in [6.07, 6.45) is 8.68. The molecule has 3 rings (SSSR count). The molecule has 0 spiro atoms. The van der Waals surface area contributed by atoms with Gasteiger partial charge in [-0.05, 0) is 46.5 Å². The number of carbonyl (C=O) groups is 2. The highest BCUT2D eigenvalue weighted by Crippen LogP contribution is 2.29. The summed E-state index contributed by atoms with van der Waals surface area (Å²) in [6.45, 7) is 6.88. The molecule has 2 aliphatic rings. The zero-order valence-corrected chi connectivity index (χ0v) is 18.0. The third kappa shape index (κ3) is 5.59. The molecular weight excluding hydrogens is 376 g/mol. The molecule has 1 aromatic heterocycles. The summed E-state index contributed by atoms with van der Waals surface area (Å²) in [5.74, 6) is 0. The highest BCUT2D eigenvalue weighted by Gasteiger charge is 2.35. The number of piperidine rings is 1. The molecule has 0 unspecified atom stereocenters. The minimum absolute atomic E-state index is 0.0578. The standard InChI is InChI=1S/C20H32N4O3S/c1-20(2,3)27-19(26)23-12-9-16(10-13-23)24(15-7-5-4-6-8-15)18(25)22-17-21-11-14-28-17/h11,14-16H,4-10,12-13H2,1-3H3,(H,21,22,25). The van der Waals surface area contributed by atoms with Gasteiger partial charge >= 0.3 is 12.1 Å². The van der Waals surface area contributed by atoms with E-state index in [1.165, 1.54) is 30.6 Å². The molecule has 1 aromatic rings. The van der Waals surface area contributed by atoms with E-state index < -0.39 is 5.60 Å². The van der Waals surface area contributed by atoms with Crippen molar-refractivity contribution in [1.29, 1.82) is 0 Å². The van der Waals surface area contributed by atoms with E-state index >= 15 is 0 Å². The second kappa shape index (κ2) is 9.11. The van der Waals surface area contributed by atoms with Gasteiger partial charge in [-0.25, -0.2) is 14.6 Å². The fourth-order valence-corrected chi connectivity index (χ4v) is 4.60. The summed E-state index contributed by atoms with van der Waals surface area (Å²) in [6, 6.07) is 0.353. The summed E-state index contributed by atoms with van der Waals surface area (Å²) in [7, 11) is 0. The number of likely N-dealkylation sites (tertiary alicyclic amines) is 1. The number of rotatable bonds is 3.